The zero-order valence-corrected chi connectivity index (χ0v) is 19.5. The summed E-state index contributed by atoms with van der Waals surface area (Å²) < 4.78 is 12.4. The van der Waals surface area contributed by atoms with Gasteiger partial charge in [-0.15, -0.1) is 0 Å². The van der Waals surface area contributed by atoms with Gasteiger partial charge in [-0.1, -0.05) is 44.0 Å². The minimum absolute atomic E-state index is 0.114. The van der Waals surface area contributed by atoms with Crippen LogP contribution >= 0.6 is 0 Å². The average molecular weight is 413 g/mol. The topological polar surface area (TPSA) is 0 Å². The number of rotatable bonds is 7. The van der Waals surface area contributed by atoms with E-state index in [1.165, 1.54) is 82.6 Å². The van der Waals surface area contributed by atoms with Crippen LogP contribution in [0, 0.1) is 29.6 Å². The summed E-state index contributed by atoms with van der Waals surface area (Å²) in [4.78, 5) is 0. The standard InChI is InChI=1S/C29H45F/c1-2-22-5-9-24(10-6-22)26-13-17-28(18-14-26)29-19-15-27(16-20-29)25-11-7-23(8-12-25)4-3-21-30/h5-6,9-10,23,25-29H,2-4,7-8,11-21H2,1H3. The Morgan fingerprint density at radius 2 is 1.13 bits per heavy atom. The molecule has 0 N–H and O–H groups in total. The molecule has 3 fully saturated rings. The van der Waals surface area contributed by atoms with Crippen molar-refractivity contribution in [2.45, 2.75) is 109 Å². The third-order valence-corrected chi connectivity index (χ3v) is 9.42. The van der Waals surface area contributed by atoms with Crippen LogP contribution in [0.15, 0.2) is 24.3 Å². The molecule has 0 unspecified atom stereocenters. The van der Waals surface area contributed by atoms with Crippen molar-refractivity contribution in [2.75, 3.05) is 6.67 Å². The number of halogens is 1. The van der Waals surface area contributed by atoms with Gasteiger partial charge in [0.15, 0.2) is 0 Å². The smallest absolute Gasteiger partial charge is 0.0894 e. The highest BCUT2D eigenvalue weighted by Crippen LogP contribution is 2.47. The lowest BCUT2D eigenvalue weighted by molar-refractivity contribution is 0.108. The zero-order valence-electron chi connectivity index (χ0n) is 19.5. The van der Waals surface area contributed by atoms with Crippen LogP contribution in [0.4, 0.5) is 4.39 Å². The van der Waals surface area contributed by atoms with Crippen LogP contribution < -0.4 is 0 Å². The van der Waals surface area contributed by atoms with Gasteiger partial charge in [0.1, 0.15) is 0 Å². The van der Waals surface area contributed by atoms with E-state index < -0.39 is 0 Å². The monoisotopic (exact) mass is 412 g/mol. The summed E-state index contributed by atoms with van der Waals surface area (Å²) in [5, 5.41) is 0. The Balaban J connectivity index is 1.17. The molecular weight excluding hydrogens is 367 g/mol. The van der Waals surface area contributed by atoms with Gasteiger partial charge in [-0.3, -0.25) is 4.39 Å². The predicted molar refractivity (Wildman–Crippen MR) is 127 cm³/mol. The van der Waals surface area contributed by atoms with Crippen molar-refractivity contribution in [1.29, 1.82) is 0 Å². The van der Waals surface area contributed by atoms with Gasteiger partial charge in [0.05, 0.1) is 6.67 Å². The first kappa shape index (κ1) is 22.3. The molecule has 1 aromatic carbocycles. The molecule has 0 spiro atoms. The summed E-state index contributed by atoms with van der Waals surface area (Å²) in [5.41, 5.74) is 3.06. The number of hydrogen-bond acceptors (Lipinski definition) is 0. The molecule has 3 aliphatic rings. The highest BCUT2D eigenvalue weighted by atomic mass is 19.1. The van der Waals surface area contributed by atoms with Gasteiger partial charge in [0, 0.05) is 0 Å². The average Bonchev–Trinajstić information content (AvgIpc) is 2.83. The lowest BCUT2D eigenvalue weighted by Gasteiger charge is -2.41. The summed E-state index contributed by atoms with van der Waals surface area (Å²) in [5.74, 6) is 5.68. The Morgan fingerprint density at radius 1 is 0.667 bits per heavy atom. The predicted octanol–water partition coefficient (Wildman–Crippen LogP) is 8.89. The molecular formula is C29H45F. The van der Waals surface area contributed by atoms with Crippen LogP contribution in [0.3, 0.4) is 0 Å². The molecule has 3 saturated carbocycles. The molecule has 0 aromatic heterocycles. The van der Waals surface area contributed by atoms with Crippen LogP contribution in [0.25, 0.3) is 0 Å². The van der Waals surface area contributed by atoms with Gasteiger partial charge in [0.25, 0.3) is 0 Å². The molecule has 0 heterocycles. The van der Waals surface area contributed by atoms with E-state index >= 15 is 0 Å². The lowest BCUT2D eigenvalue weighted by atomic mass is 9.64. The highest BCUT2D eigenvalue weighted by molar-refractivity contribution is 5.25. The van der Waals surface area contributed by atoms with Crippen molar-refractivity contribution in [1.82, 2.24) is 0 Å². The largest absolute Gasteiger partial charge is 0.251 e. The fourth-order valence-corrected chi connectivity index (χ4v) is 7.35. The Morgan fingerprint density at radius 3 is 1.60 bits per heavy atom. The number of hydrogen-bond donors (Lipinski definition) is 0. The molecule has 0 bridgehead atoms. The molecule has 0 nitrogen and oxygen atoms in total. The zero-order chi connectivity index (χ0) is 20.8. The first-order valence-corrected chi connectivity index (χ1v) is 13.4. The number of alkyl halides is 1. The molecule has 3 aliphatic carbocycles. The molecule has 1 heteroatoms. The maximum absolute atomic E-state index is 12.4. The SMILES string of the molecule is CCc1ccc(C2CCC(C3CCC(C4CCC(CCCF)CC4)CC3)CC2)cc1. The quantitative estimate of drug-likeness (QED) is 0.419. The van der Waals surface area contributed by atoms with Crippen molar-refractivity contribution in [3.05, 3.63) is 35.4 Å². The van der Waals surface area contributed by atoms with E-state index in [0.29, 0.717) is 0 Å². The third-order valence-electron chi connectivity index (χ3n) is 9.42. The number of benzene rings is 1. The molecule has 0 amide bonds. The van der Waals surface area contributed by atoms with Gasteiger partial charge in [-0.2, -0.15) is 0 Å². The summed E-state index contributed by atoms with van der Waals surface area (Å²) in [7, 11) is 0. The van der Waals surface area contributed by atoms with Gasteiger partial charge in [-0.05, 0) is 130 Å². The summed E-state index contributed by atoms with van der Waals surface area (Å²) in [6.45, 7) is 2.13. The minimum atomic E-state index is -0.114. The molecule has 0 saturated heterocycles. The Kier molecular flexibility index (Phi) is 8.30. The van der Waals surface area contributed by atoms with E-state index in [4.69, 9.17) is 0 Å². The summed E-state index contributed by atoms with van der Waals surface area (Å²) in [6, 6.07) is 9.50. The molecule has 1 aromatic rings. The first-order chi connectivity index (χ1) is 14.8. The van der Waals surface area contributed by atoms with Crippen molar-refractivity contribution < 1.29 is 4.39 Å². The van der Waals surface area contributed by atoms with Crippen LogP contribution in [0.5, 0.6) is 0 Å². The fraction of sp³-hybridized carbons (Fsp3) is 0.793. The van der Waals surface area contributed by atoms with Crippen molar-refractivity contribution >= 4 is 0 Å². The van der Waals surface area contributed by atoms with E-state index in [2.05, 4.69) is 31.2 Å². The Bertz CT molecular complexity index is 596. The Labute approximate surface area is 185 Å². The van der Waals surface area contributed by atoms with Gasteiger partial charge in [0.2, 0.25) is 0 Å². The molecule has 4 rings (SSSR count). The van der Waals surface area contributed by atoms with E-state index in [9.17, 15) is 4.39 Å². The minimum Gasteiger partial charge on any atom is -0.251 e. The molecule has 30 heavy (non-hydrogen) atoms. The molecule has 0 radical (unpaired) electrons. The van der Waals surface area contributed by atoms with E-state index in [-0.39, 0.29) is 6.67 Å². The number of aryl methyl sites for hydroxylation is 1. The van der Waals surface area contributed by atoms with Gasteiger partial charge >= 0.3 is 0 Å². The summed E-state index contributed by atoms with van der Waals surface area (Å²) in [6.07, 6.45) is 20.5. The molecule has 0 aliphatic heterocycles. The maximum Gasteiger partial charge on any atom is 0.0894 e. The van der Waals surface area contributed by atoms with Crippen LogP contribution in [0.2, 0.25) is 0 Å². The van der Waals surface area contributed by atoms with Crippen LogP contribution in [-0.2, 0) is 6.42 Å². The summed E-state index contributed by atoms with van der Waals surface area (Å²) >= 11 is 0. The molecule has 0 atom stereocenters. The Hall–Kier alpha value is -0.850. The second-order valence-corrected chi connectivity index (χ2v) is 11.0. The van der Waals surface area contributed by atoms with Crippen molar-refractivity contribution in [2.24, 2.45) is 29.6 Å². The molecule has 168 valence electrons. The maximum atomic E-state index is 12.4. The van der Waals surface area contributed by atoms with Crippen molar-refractivity contribution in [3.8, 4) is 0 Å². The van der Waals surface area contributed by atoms with E-state index in [0.717, 1.165) is 54.8 Å². The first-order valence-electron chi connectivity index (χ1n) is 13.4. The lowest BCUT2D eigenvalue weighted by Crippen LogP contribution is -2.29. The van der Waals surface area contributed by atoms with E-state index in [1.54, 1.807) is 5.56 Å². The highest BCUT2D eigenvalue weighted by Gasteiger charge is 2.34. The third kappa shape index (κ3) is 5.68. The fourth-order valence-electron chi connectivity index (χ4n) is 7.35. The second-order valence-electron chi connectivity index (χ2n) is 11.0. The van der Waals surface area contributed by atoms with Gasteiger partial charge < -0.3 is 0 Å². The van der Waals surface area contributed by atoms with Crippen molar-refractivity contribution in [3.63, 3.8) is 0 Å². The normalized spacial score (nSPS) is 35.3. The second kappa shape index (κ2) is 11.1. The van der Waals surface area contributed by atoms with Crippen LogP contribution in [0.1, 0.15) is 114 Å². The van der Waals surface area contributed by atoms with E-state index in [1.807, 2.05) is 0 Å². The van der Waals surface area contributed by atoms with Gasteiger partial charge in [-0.25, -0.2) is 0 Å². The van der Waals surface area contributed by atoms with Crippen LogP contribution in [-0.4, -0.2) is 6.67 Å².